The molecule has 0 fully saturated rings. The molecule has 0 aliphatic carbocycles. The quantitative estimate of drug-likeness (QED) is 0.0816. The lowest BCUT2D eigenvalue weighted by atomic mass is 10.2. The molecular weight excluding hydrogens is 478 g/mol. The summed E-state index contributed by atoms with van der Waals surface area (Å²) < 4.78 is 143. The van der Waals surface area contributed by atoms with Crippen LogP contribution in [-0.2, 0) is 29.2 Å². The first-order valence-electron chi connectivity index (χ1n) is 7.67. The average Bonchev–Trinajstić information content (AvgIpc) is 2.59. The summed E-state index contributed by atoms with van der Waals surface area (Å²) in [5.41, 5.74) is 0. The smallest absolute Gasteiger partial charge is 0.410 e. The molecule has 0 aromatic rings. The zero-order valence-corrected chi connectivity index (χ0v) is 16.0. The molecule has 0 spiro atoms. The van der Waals surface area contributed by atoms with Crippen LogP contribution in [0, 0.1) is 0 Å². The molecule has 180 valence electrons. The number of esters is 1. The highest BCUT2D eigenvalue weighted by atomic mass is 32.2. The first kappa shape index (κ1) is 28.7. The highest BCUT2D eigenvalue weighted by Crippen LogP contribution is 2.42. The molecule has 0 saturated heterocycles. The van der Waals surface area contributed by atoms with Crippen LogP contribution in [0.4, 0.5) is 35.1 Å². The molecule has 0 heterocycles. The second-order valence-corrected chi connectivity index (χ2v) is 7.02. The van der Waals surface area contributed by atoms with Gasteiger partial charge in [-0.15, -0.1) is 6.58 Å². The van der Waals surface area contributed by atoms with Crippen LogP contribution in [-0.4, -0.2) is 61.1 Å². The summed E-state index contributed by atoms with van der Waals surface area (Å²) in [7, 11) is -6.60. The minimum atomic E-state index is -6.60. The van der Waals surface area contributed by atoms with E-state index in [-0.39, 0.29) is 0 Å². The van der Waals surface area contributed by atoms with Crippen LogP contribution < -0.4 is 5.32 Å². The van der Waals surface area contributed by atoms with Gasteiger partial charge in [0.1, 0.15) is 0 Å². The molecule has 8 nitrogen and oxygen atoms in total. The molecule has 0 bridgehead atoms. The van der Waals surface area contributed by atoms with Gasteiger partial charge in [-0.1, -0.05) is 12.7 Å². The van der Waals surface area contributed by atoms with E-state index in [0.717, 1.165) is 6.08 Å². The Morgan fingerprint density at radius 3 is 2.00 bits per heavy atom. The van der Waals surface area contributed by atoms with Crippen molar-refractivity contribution in [2.75, 3.05) is 13.2 Å². The Morgan fingerprint density at radius 2 is 1.61 bits per heavy atom. The number of rotatable bonds is 12. The number of hydrogen-bond donors (Lipinski definition) is 2. The highest BCUT2D eigenvalue weighted by molar-refractivity contribution is 7.87. The van der Waals surface area contributed by atoms with Gasteiger partial charge in [-0.3, -0.25) is 9.35 Å². The predicted octanol–water partition coefficient (Wildman–Crippen LogP) is 2.49. The Bertz CT molecular complexity index is 812. The lowest BCUT2D eigenvalue weighted by Crippen LogP contribution is -2.61. The Hall–Kier alpha value is -2.27. The maximum absolute atomic E-state index is 13.5. The van der Waals surface area contributed by atoms with Crippen LogP contribution in [0.5, 0.6) is 0 Å². The zero-order valence-electron chi connectivity index (χ0n) is 15.1. The number of nitrogens with one attached hydrogen (secondary N) is 1. The highest BCUT2D eigenvalue weighted by Gasteiger charge is 2.67. The van der Waals surface area contributed by atoms with E-state index in [1.165, 1.54) is 5.32 Å². The van der Waals surface area contributed by atoms with E-state index < -0.39 is 77.0 Å². The molecular formula is C14H15F8NO7S. The fraction of sp³-hybridized carbons (Fsp3) is 0.571. The van der Waals surface area contributed by atoms with Gasteiger partial charge in [-0.2, -0.15) is 43.5 Å². The van der Waals surface area contributed by atoms with Crippen LogP contribution in [0.1, 0.15) is 12.8 Å². The summed E-state index contributed by atoms with van der Waals surface area (Å²) in [6.07, 6.45) is -8.71. The van der Waals surface area contributed by atoms with Gasteiger partial charge in [0.05, 0.1) is 6.61 Å². The van der Waals surface area contributed by atoms with Gasteiger partial charge in [0, 0.05) is 13.0 Å². The number of ether oxygens (including phenoxy) is 2. The van der Waals surface area contributed by atoms with E-state index in [9.17, 15) is 53.1 Å². The number of carbonyl (C=O) groups is 2. The second kappa shape index (κ2) is 9.90. The van der Waals surface area contributed by atoms with Crippen molar-refractivity contribution in [1.82, 2.24) is 5.32 Å². The lowest BCUT2D eigenvalue weighted by molar-refractivity contribution is -0.347. The first-order chi connectivity index (χ1) is 13.8. The maximum atomic E-state index is 13.5. The molecule has 0 aliphatic heterocycles. The van der Waals surface area contributed by atoms with Crippen molar-refractivity contribution >= 4 is 22.0 Å². The molecule has 2 N–H and O–H groups in total. The third kappa shape index (κ3) is 6.60. The number of alkyl halides is 7. The summed E-state index contributed by atoms with van der Waals surface area (Å²) in [6.45, 7) is 3.11. The number of carbonyl (C=O) groups excluding carboxylic acids is 2. The van der Waals surface area contributed by atoms with Crippen molar-refractivity contribution in [2.45, 2.75) is 36.0 Å². The normalized spacial score (nSPS) is 15.0. The van der Waals surface area contributed by atoms with Crippen molar-refractivity contribution in [3.8, 4) is 0 Å². The molecule has 0 aromatic carbocycles. The minimum absolute atomic E-state index is 0.660. The van der Waals surface area contributed by atoms with E-state index >= 15 is 0 Å². The van der Waals surface area contributed by atoms with Gasteiger partial charge in [0.15, 0.2) is 0 Å². The molecule has 0 aromatic heterocycles. The van der Waals surface area contributed by atoms with Crippen LogP contribution in [0.15, 0.2) is 25.1 Å². The largest absolute Gasteiger partial charge is 0.466 e. The van der Waals surface area contributed by atoms with Gasteiger partial charge in [0.25, 0.3) is 0 Å². The molecule has 1 atom stereocenters. The van der Waals surface area contributed by atoms with Gasteiger partial charge in [-0.25, -0.2) is 4.79 Å². The Balaban J connectivity index is 5.74. The van der Waals surface area contributed by atoms with Crippen molar-refractivity contribution in [3.05, 3.63) is 25.1 Å². The number of hydrogen-bond acceptors (Lipinski definition) is 6. The summed E-state index contributed by atoms with van der Waals surface area (Å²) in [4.78, 5) is 23.1. The van der Waals surface area contributed by atoms with Crippen molar-refractivity contribution < 1.29 is 67.2 Å². The van der Waals surface area contributed by atoms with Crippen LogP contribution in [0.3, 0.4) is 0 Å². The molecule has 0 radical (unpaired) electrons. The standard InChI is InChI=1S/C14H15F8NO7S/c1-3-6-23-10(25)12(13(18,19)20,30-9(24)8(2)15)29-7-4-5-11(16,17)14(21,22)31(26,27)28/h3H,1-2,4-7H2,(H,23,25)(H,26,27,28). The summed E-state index contributed by atoms with van der Waals surface area (Å²) in [5.74, 6) is -16.9. The van der Waals surface area contributed by atoms with E-state index in [2.05, 4.69) is 22.6 Å². The Morgan fingerprint density at radius 1 is 1.10 bits per heavy atom. The van der Waals surface area contributed by atoms with Crippen molar-refractivity contribution in [2.24, 2.45) is 0 Å². The summed E-state index contributed by atoms with van der Waals surface area (Å²) in [6, 6.07) is 0. The van der Waals surface area contributed by atoms with E-state index in [1.807, 2.05) is 0 Å². The molecule has 0 aliphatic rings. The van der Waals surface area contributed by atoms with Crippen LogP contribution in [0.2, 0.25) is 0 Å². The SMILES string of the molecule is C=CCNC(=O)C(OCCCC(F)(F)C(F)(F)S(=O)(=O)O)(OC(=O)C(=C)F)C(F)(F)F. The van der Waals surface area contributed by atoms with Crippen molar-refractivity contribution in [1.29, 1.82) is 0 Å². The monoisotopic (exact) mass is 493 g/mol. The Labute approximate surface area is 169 Å². The van der Waals surface area contributed by atoms with Gasteiger partial charge < -0.3 is 14.8 Å². The number of halogens is 8. The topological polar surface area (TPSA) is 119 Å². The van der Waals surface area contributed by atoms with Crippen molar-refractivity contribution in [3.63, 3.8) is 0 Å². The lowest BCUT2D eigenvalue weighted by Gasteiger charge is -2.33. The van der Waals surface area contributed by atoms with Gasteiger partial charge in [0.2, 0.25) is 5.83 Å². The second-order valence-electron chi connectivity index (χ2n) is 5.56. The van der Waals surface area contributed by atoms with Gasteiger partial charge in [-0.05, 0) is 6.42 Å². The summed E-state index contributed by atoms with van der Waals surface area (Å²) in [5, 5.41) is -4.49. The minimum Gasteiger partial charge on any atom is -0.410 e. The third-order valence-electron chi connectivity index (χ3n) is 3.23. The average molecular weight is 493 g/mol. The molecule has 31 heavy (non-hydrogen) atoms. The fourth-order valence-electron chi connectivity index (χ4n) is 1.72. The summed E-state index contributed by atoms with van der Waals surface area (Å²) >= 11 is 0. The van der Waals surface area contributed by atoms with E-state index in [1.54, 1.807) is 0 Å². The predicted molar refractivity (Wildman–Crippen MR) is 85.0 cm³/mol. The van der Waals surface area contributed by atoms with Crippen LogP contribution in [0.25, 0.3) is 0 Å². The molecule has 0 saturated carbocycles. The third-order valence-corrected chi connectivity index (χ3v) is 4.17. The molecule has 17 heteroatoms. The Kier molecular flexibility index (Phi) is 9.18. The molecule has 1 unspecified atom stereocenters. The molecule has 0 rings (SSSR count). The fourth-order valence-corrected chi connectivity index (χ4v) is 2.20. The zero-order chi connectivity index (χ0) is 24.9. The molecule has 1 amide bonds. The first-order valence-corrected chi connectivity index (χ1v) is 9.11. The van der Waals surface area contributed by atoms with Gasteiger partial charge >= 0.3 is 45.1 Å². The maximum Gasteiger partial charge on any atom is 0.466 e. The number of amides is 1. The van der Waals surface area contributed by atoms with E-state index in [0.29, 0.717) is 0 Å². The van der Waals surface area contributed by atoms with E-state index in [4.69, 9.17) is 4.55 Å². The van der Waals surface area contributed by atoms with Crippen LogP contribution >= 0.6 is 0 Å².